The zero-order valence-electron chi connectivity index (χ0n) is 14.0. The lowest BCUT2D eigenvalue weighted by Gasteiger charge is -2.14. The summed E-state index contributed by atoms with van der Waals surface area (Å²) < 4.78 is 5.16. The first kappa shape index (κ1) is 16.3. The van der Waals surface area contributed by atoms with Gasteiger partial charge >= 0.3 is 0 Å². The van der Waals surface area contributed by atoms with Crippen molar-refractivity contribution in [2.45, 2.75) is 19.3 Å². The number of methoxy groups -OCH3 is 1. The highest BCUT2D eigenvalue weighted by Gasteiger charge is 2.20. The van der Waals surface area contributed by atoms with Gasteiger partial charge in [-0.15, -0.1) is 0 Å². The maximum Gasteiger partial charge on any atom is 0.272 e. The van der Waals surface area contributed by atoms with E-state index in [9.17, 15) is 4.79 Å². The van der Waals surface area contributed by atoms with Crippen LogP contribution in [0, 0.1) is 0 Å². The summed E-state index contributed by atoms with van der Waals surface area (Å²) in [4.78, 5) is 18.4. The normalized spacial score (nSPS) is 13.8. The van der Waals surface area contributed by atoms with Crippen molar-refractivity contribution in [3.63, 3.8) is 0 Å². The van der Waals surface area contributed by atoms with Crippen LogP contribution >= 0.6 is 0 Å². The van der Waals surface area contributed by atoms with Crippen LogP contribution in [0.5, 0.6) is 5.75 Å². The van der Waals surface area contributed by atoms with Gasteiger partial charge in [-0.05, 0) is 49.1 Å². The Morgan fingerprint density at radius 2 is 1.92 bits per heavy atom. The Hall–Kier alpha value is -2.56. The van der Waals surface area contributed by atoms with E-state index in [0.29, 0.717) is 5.69 Å². The molecule has 1 aromatic carbocycles. The number of likely N-dealkylation sites (tertiary alicyclic amines) is 1. The predicted octanol–water partition coefficient (Wildman–Crippen LogP) is 2.98. The van der Waals surface area contributed by atoms with Gasteiger partial charge in [0.25, 0.3) is 5.91 Å². The Kier molecular flexibility index (Phi) is 5.31. The number of hydrogen-bond donors (Lipinski definition) is 1. The van der Waals surface area contributed by atoms with Crippen LogP contribution in [-0.4, -0.2) is 42.5 Å². The molecule has 1 aliphatic rings. The van der Waals surface area contributed by atoms with Crippen molar-refractivity contribution in [2.24, 2.45) is 0 Å². The second-order valence-corrected chi connectivity index (χ2v) is 5.96. The van der Waals surface area contributed by atoms with E-state index in [1.54, 1.807) is 19.4 Å². The zero-order valence-corrected chi connectivity index (χ0v) is 14.0. The summed E-state index contributed by atoms with van der Waals surface area (Å²) in [6.07, 6.45) is 4.84. The minimum absolute atomic E-state index is 0.0392. The molecule has 126 valence electrons. The highest BCUT2D eigenvalue weighted by atomic mass is 16.5. The fraction of sp³-hybridized carbons (Fsp3) is 0.368. The molecule has 2 aromatic rings. The molecule has 3 rings (SSSR count). The average Bonchev–Trinajstić information content (AvgIpc) is 3.17. The van der Waals surface area contributed by atoms with E-state index in [1.807, 2.05) is 23.1 Å². The summed E-state index contributed by atoms with van der Waals surface area (Å²) in [6, 6.07) is 11.8. The van der Waals surface area contributed by atoms with Crippen molar-refractivity contribution < 1.29 is 9.53 Å². The first-order valence-corrected chi connectivity index (χ1v) is 8.38. The molecule has 24 heavy (non-hydrogen) atoms. The maximum absolute atomic E-state index is 12.2. The van der Waals surface area contributed by atoms with Gasteiger partial charge in [0.05, 0.1) is 19.0 Å². The predicted molar refractivity (Wildman–Crippen MR) is 94.6 cm³/mol. The number of aromatic nitrogens is 1. The van der Waals surface area contributed by atoms with E-state index in [0.717, 1.165) is 50.3 Å². The van der Waals surface area contributed by atoms with E-state index in [4.69, 9.17) is 4.74 Å². The van der Waals surface area contributed by atoms with E-state index >= 15 is 0 Å². The summed E-state index contributed by atoms with van der Waals surface area (Å²) in [5.41, 5.74) is 2.70. The van der Waals surface area contributed by atoms with Gasteiger partial charge in [0.1, 0.15) is 11.4 Å². The van der Waals surface area contributed by atoms with Crippen LogP contribution in [0.2, 0.25) is 0 Å². The topological polar surface area (TPSA) is 54.5 Å². The summed E-state index contributed by atoms with van der Waals surface area (Å²) in [6.45, 7) is 2.51. The van der Waals surface area contributed by atoms with Crippen LogP contribution in [0.3, 0.4) is 0 Å². The SMILES string of the molecule is COc1ccc(CCNc2ccc(C(=O)N3CCCC3)nc2)cc1. The molecule has 0 radical (unpaired) electrons. The van der Waals surface area contributed by atoms with Gasteiger partial charge in [-0.2, -0.15) is 0 Å². The van der Waals surface area contributed by atoms with Gasteiger partial charge in [-0.25, -0.2) is 4.98 Å². The molecule has 5 heteroatoms. The van der Waals surface area contributed by atoms with Crippen LogP contribution in [0.4, 0.5) is 5.69 Å². The number of rotatable bonds is 6. The minimum atomic E-state index is 0.0392. The summed E-state index contributed by atoms with van der Waals surface area (Å²) >= 11 is 0. The van der Waals surface area contributed by atoms with Crippen LogP contribution in [-0.2, 0) is 6.42 Å². The summed E-state index contributed by atoms with van der Waals surface area (Å²) in [5, 5.41) is 3.34. The first-order chi connectivity index (χ1) is 11.8. The number of carbonyl (C=O) groups excluding carboxylic acids is 1. The second-order valence-electron chi connectivity index (χ2n) is 5.96. The quantitative estimate of drug-likeness (QED) is 0.887. The highest BCUT2D eigenvalue weighted by Crippen LogP contribution is 2.14. The van der Waals surface area contributed by atoms with Gasteiger partial charge in [-0.3, -0.25) is 4.79 Å². The second kappa shape index (κ2) is 7.81. The molecule has 0 spiro atoms. The molecule has 1 N–H and O–H groups in total. The van der Waals surface area contributed by atoms with E-state index < -0.39 is 0 Å². The number of anilines is 1. The third-order valence-electron chi connectivity index (χ3n) is 4.28. The average molecular weight is 325 g/mol. The number of hydrogen-bond acceptors (Lipinski definition) is 4. The van der Waals surface area contributed by atoms with Crippen molar-refractivity contribution in [3.05, 3.63) is 53.9 Å². The van der Waals surface area contributed by atoms with Gasteiger partial charge in [0.15, 0.2) is 0 Å². The molecule has 1 aliphatic heterocycles. The fourth-order valence-electron chi connectivity index (χ4n) is 2.85. The number of carbonyl (C=O) groups is 1. The number of ether oxygens (including phenoxy) is 1. The number of pyridine rings is 1. The Bertz CT molecular complexity index is 662. The molecule has 1 aromatic heterocycles. The summed E-state index contributed by atoms with van der Waals surface area (Å²) in [7, 11) is 1.67. The lowest BCUT2D eigenvalue weighted by Crippen LogP contribution is -2.28. The smallest absolute Gasteiger partial charge is 0.272 e. The molecular weight excluding hydrogens is 302 g/mol. The molecule has 0 unspecified atom stereocenters. The third-order valence-corrected chi connectivity index (χ3v) is 4.28. The number of nitrogens with zero attached hydrogens (tertiary/aromatic N) is 2. The van der Waals surface area contributed by atoms with E-state index in [-0.39, 0.29) is 5.91 Å². The molecule has 5 nitrogen and oxygen atoms in total. The molecule has 1 amide bonds. The maximum atomic E-state index is 12.2. The molecule has 0 aliphatic carbocycles. The van der Waals surface area contributed by atoms with Crippen molar-refractivity contribution in [1.82, 2.24) is 9.88 Å². The van der Waals surface area contributed by atoms with Crippen LogP contribution in [0.25, 0.3) is 0 Å². The molecular formula is C19H23N3O2. The summed E-state index contributed by atoms with van der Waals surface area (Å²) in [5.74, 6) is 0.909. The van der Waals surface area contributed by atoms with Gasteiger partial charge < -0.3 is 15.0 Å². The zero-order chi connectivity index (χ0) is 16.8. The van der Waals surface area contributed by atoms with Crippen LogP contribution < -0.4 is 10.1 Å². The Labute approximate surface area is 142 Å². The molecule has 2 heterocycles. The standard InChI is InChI=1S/C19H23N3O2/c1-24-17-7-4-15(5-8-17)10-11-20-16-6-9-18(21-14-16)19(23)22-12-2-3-13-22/h4-9,14,20H,2-3,10-13H2,1H3. The Balaban J connectivity index is 1.49. The van der Waals surface area contributed by atoms with Crippen molar-refractivity contribution in [2.75, 3.05) is 32.1 Å². The number of nitrogens with one attached hydrogen (secondary N) is 1. The van der Waals surface area contributed by atoms with Crippen LogP contribution in [0.1, 0.15) is 28.9 Å². The fourth-order valence-corrected chi connectivity index (χ4v) is 2.85. The van der Waals surface area contributed by atoms with E-state index in [2.05, 4.69) is 22.4 Å². The largest absolute Gasteiger partial charge is 0.497 e. The highest BCUT2D eigenvalue weighted by molar-refractivity contribution is 5.92. The molecule has 1 saturated heterocycles. The number of benzene rings is 1. The van der Waals surface area contributed by atoms with Crippen molar-refractivity contribution >= 4 is 11.6 Å². The monoisotopic (exact) mass is 325 g/mol. The Morgan fingerprint density at radius 1 is 1.17 bits per heavy atom. The van der Waals surface area contributed by atoms with Gasteiger partial charge in [-0.1, -0.05) is 12.1 Å². The van der Waals surface area contributed by atoms with Crippen molar-refractivity contribution in [1.29, 1.82) is 0 Å². The lowest BCUT2D eigenvalue weighted by molar-refractivity contribution is 0.0787. The van der Waals surface area contributed by atoms with Gasteiger partial charge in [0.2, 0.25) is 0 Å². The molecule has 0 atom stereocenters. The number of amides is 1. The minimum Gasteiger partial charge on any atom is -0.497 e. The van der Waals surface area contributed by atoms with Crippen LogP contribution in [0.15, 0.2) is 42.6 Å². The molecule has 0 bridgehead atoms. The molecule has 0 saturated carbocycles. The lowest BCUT2D eigenvalue weighted by atomic mass is 10.1. The Morgan fingerprint density at radius 3 is 2.54 bits per heavy atom. The van der Waals surface area contributed by atoms with E-state index in [1.165, 1.54) is 5.56 Å². The first-order valence-electron chi connectivity index (χ1n) is 8.38. The molecule has 1 fully saturated rings. The van der Waals surface area contributed by atoms with Crippen molar-refractivity contribution in [3.8, 4) is 5.75 Å². The third kappa shape index (κ3) is 4.04. The van der Waals surface area contributed by atoms with Gasteiger partial charge in [0, 0.05) is 19.6 Å².